The van der Waals surface area contributed by atoms with Crippen molar-refractivity contribution < 1.29 is 4.79 Å². The third kappa shape index (κ3) is 4.72. The van der Waals surface area contributed by atoms with Gasteiger partial charge in [-0.25, -0.2) is 0 Å². The zero-order valence-corrected chi connectivity index (χ0v) is 19.1. The van der Waals surface area contributed by atoms with Crippen LogP contribution in [0.3, 0.4) is 0 Å². The molecule has 32 heavy (non-hydrogen) atoms. The van der Waals surface area contributed by atoms with Gasteiger partial charge in [-0.15, -0.1) is 10.2 Å². The van der Waals surface area contributed by atoms with E-state index in [-0.39, 0.29) is 5.91 Å². The summed E-state index contributed by atoms with van der Waals surface area (Å²) >= 11 is 1.50. The number of carbonyl (C=O) groups excluding carboxylic acids is 1. The molecule has 3 heterocycles. The molecular weight excluding hydrogens is 418 g/mol. The third-order valence-corrected chi connectivity index (χ3v) is 7.76. The monoisotopic (exact) mass is 447 g/mol. The van der Waals surface area contributed by atoms with Gasteiger partial charge in [-0.2, -0.15) is 0 Å². The second-order valence-electron chi connectivity index (χ2n) is 8.84. The van der Waals surface area contributed by atoms with Gasteiger partial charge in [0.25, 0.3) is 0 Å². The first-order valence-corrected chi connectivity index (χ1v) is 12.5. The minimum atomic E-state index is 0.221. The molecule has 2 fully saturated rings. The van der Waals surface area contributed by atoms with E-state index in [0.717, 1.165) is 42.0 Å². The second-order valence-corrected chi connectivity index (χ2v) is 9.78. The molecule has 1 aliphatic carbocycles. The van der Waals surface area contributed by atoms with Gasteiger partial charge in [0.1, 0.15) is 0 Å². The summed E-state index contributed by atoms with van der Waals surface area (Å²) < 4.78 is 2.11. The van der Waals surface area contributed by atoms with Crippen LogP contribution in [0, 0.1) is 11.8 Å². The van der Waals surface area contributed by atoms with Gasteiger partial charge in [0, 0.05) is 31.0 Å². The average molecular weight is 448 g/mol. The fourth-order valence-electron chi connectivity index (χ4n) is 5.06. The first-order chi connectivity index (χ1) is 15.8. The zero-order valence-electron chi connectivity index (χ0n) is 18.3. The molecule has 6 nitrogen and oxygen atoms in total. The van der Waals surface area contributed by atoms with E-state index < -0.39 is 0 Å². The summed E-state index contributed by atoms with van der Waals surface area (Å²) in [6.45, 7) is 2.50. The number of aromatic nitrogens is 4. The highest BCUT2D eigenvalue weighted by atomic mass is 32.2. The van der Waals surface area contributed by atoms with E-state index in [1.165, 1.54) is 43.0 Å². The first-order valence-electron chi connectivity index (χ1n) is 11.6. The van der Waals surface area contributed by atoms with Crippen LogP contribution in [0.1, 0.15) is 37.7 Å². The average Bonchev–Trinajstić information content (AvgIpc) is 3.25. The van der Waals surface area contributed by atoms with Gasteiger partial charge in [-0.1, -0.05) is 61.4 Å². The number of hydrogen-bond donors (Lipinski definition) is 0. The molecule has 2 unspecified atom stereocenters. The molecule has 1 aliphatic heterocycles. The molecule has 1 saturated heterocycles. The van der Waals surface area contributed by atoms with Gasteiger partial charge in [-0.05, 0) is 42.4 Å². The van der Waals surface area contributed by atoms with E-state index in [0.29, 0.717) is 18.2 Å². The summed E-state index contributed by atoms with van der Waals surface area (Å²) in [6, 6.07) is 14.2. The number of benzene rings is 1. The van der Waals surface area contributed by atoms with Gasteiger partial charge in [0.15, 0.2) is 11.0 Å². The number of hydrogen-bond acceptors (Lipinski definition) is 5. The number of pyridine rings is 1. The van der Waals surface area contributed by atoms with Crippen LogP contribution in [0.4, 0.5) is 0 Å². The van der Waals surface area contributed by atoms with Crippen LogP contribution < -0.4 is 0 Å². The SMILES string of the molecule is O=C(CSc1nnc(-c2ccncc2)n1Cc1ccccc1)N1CCC2CCCCC2C1. The maximum atomic E-state index is 13.0. The smallest absolute Gasteiger partial charge is 0.233 e. The number of fused-ring (bicyclic) bond motifs is 1. The Labute approximate surface area is 193 Å². The number of thioether (sulfide) groups is 1. The predicted octanol–water partition coefficient (Wildman–Crippen LogP) is 4.52. The lowest BCUT2D eigenvalue weighted by Crippen LogP contribution is -2.45. The summed E-state index contributed by atoms with van der Waals surface area (Å²) in [6.07, 6.45) is 10.0. The number of nitrogens with zero attached hydrogens (tertiary/aromatic N) is 5. The number of piperidine rings is 1. The lowest BCUT2D eigenvalue weighted by molar-refractivity contribution is -0.131. The molecule has 2 aromatic heterocycles. The highest BCUT2D eigenvalue weighted by Crippen LogP contribution is 2.36. The lowest BCUT2D eigenvalue weighted by atomic mass is 9.75. The van der Waals surface area contributed by atoms with Gasteiger partial charge in [0.05, 0.1) is 12.3 Å². The van der Waals surface area contributed by atoms with Crippen molar-refractivity contribution in [2.75, 3.05) is 18.8 Å². The molecule has 0 N–H and O–H groups in total. The molecule has 5 rings (SSSR count). The molecule has 0 spiro atoms. The van der Waals surface area contributed by atoms with Gasteiger partial charge in [0.2, 0.25) is 5.91 Å². The number of carbonyl (C=O) groups is 1. The molecule has 1 aromatic carbocycles. The quantitative estimate of drug-likeness (QED) is 0.520. The van der Waals surface area contributed by atoms with E-state index in [9.17, 15) is 4.79 Å². The topological polar surface area (TPSA) is 63.9 Å². The van der Waals surface area contributed by atoms with Crippen molar-refractivity contribution in [2.24, 2.45) is 11.8 Å². The molecule has 3 aromatic rings. The Morgan fingerprint density at radius 3 is 2.56 bits per heavy atom. The van der Waals surface area contributed by atoms with Crippen LogP contribution in [-0.2, 0) is 11.3 Å². The van der Waals surface area contributed by atoms with E-state index in [4.69, 9.17) is 0 Å². The minimum Gasteiger partial charge on any atom is -0.342 e. The minimum absolute atomic E-state index is 0.221. The van der Waals surface area contributed by atoms with Gasteiger partial charge >= 0.3 is 0 Å². The van der Waals surface area contributed by atoms with Gasteiger partial charge in [-0.3, -0.25) is 14.3 Å². The summed E-state index contributed by atoms with van der Waals surface area (Å²) in [5.41, 5.74) is 2.15. The van der Waals surface area contributed by atoms with Gasteiger partial charge < -0.3 is 4.90 Å². The maximum absolute atomic E-state index is 13.0. The largest absolute Gasteiger partial charge is 0.342 e. The zero-order chi connectivity index (χ0) is 21.8. The number of amides is 1. The normalized spacial score (nSPS) is 20.7. The first kappa shape index (κ1) is 21.2. The van der Waals surface area contributed by atoms with Crippen molar-refractivity contribution in [3.05, 3.63) is 60.4 Å². The van der Waals surface area contributed by atoms with Crippen molar-refractivity contribution in [1.29, 1.82) is 0 Å². The molecule has 1 saturated carbocycles. The Morgan fingerprint density at radius 2 is 1.75 bits per heavy atom. The molecule has 7 heteroatoms. The van der Waals surface area contributed by atoms with Crippen molar-refractivity contribution in [2.45, 2.75) is 43.8 Å². The van der Waals surface area contributed by atoms with Crippen molar-refractivity contribution in [1.82, 2.24) is 24.6 Å². The molecule has 2 atom stereocenters. The number of rotatable bonds is 6. The maximum Gasteiger partial charge on any atom is 0.233 e. The van der Waals surface area contributed by atoms with Crippen molar-refractivity contribution >= 4 is 17.7 Å². The summed E-state index contributed by atoms with van der Waals surface area (Å²) in [4.78, 5) is 19.2. The Bertz CT molecular complexity index is 1040. The highest BCUT2D eigenvalue weighted by Gasteiger charge is 2.33. The molecule has 166 valence electrons. The van der Waals surface area contributed by atoms with Crippen LogP contribution in [0.2, 0.25) is 0 Å². The fraction of sp³-hybridized carbons (Fsp3) is 0.440. The van der Waals surface area contributed by atoms with Crippen molar-refractivity contribution in [3.63, 3.8) is 0 Å². The Hall–Kier alpha value is -2.67. The van der Waals surface area contributed by atoms with E-state index in [1.807, 2.05) is 30.3 Å². The Kier molecular flexibility index (Phi) is 6.53. The molecular formula is C25H29N5OS. The molecule has 0 bridgehead atoms. The van der Waals surface area contributed by atoms with Crippen LogP contribution in [-0.4, -0.2) is 49.4 Å². The lowest BCUT2D eigenvalue weighted by Gasteiger charge is -2.41. The van der Waals surface area contributed by atoms with E-state index in [1.54, 1.807) is 12.4 Å². The standard InChI is InChI=1S/C25H29N5OS/c31-23(29-15-12-20-8-4-5-9-22(20)17-29)18-32-25-28-27-24(21-10-13-26-14-11-21)30(25)16-19-6-2-1-3-7-19/h1-3,6-7,10-11,13-14,20,22H,4-5,8-9,12,15-18H2. The van der Waals surface area contributed by atoms with Crippen LogP contribution in [0.5, 0.6) is 0 Å². The predicted molar refractivity (Wildman–Crippen MR) is 126 cm³/mol. The number of likely N-dealkylation sites (tertiary alicyclic amines) is 1. The second kappa shape index (κ2) is 9.86. The van der Waals surface area contributed by atoms with E-state index in [2.05, 4.69) is 36.8 Å². The summed E-state index contributed by atoms with van der Waals surface area (Å²) in [5.74, 6) is 2.96. The van der Waals surface area contributed by atoms with Crippen molar-refractivity contribution in [3.8, 4) is 11.4 Å². The Balaban J connectivity index is 1.31. The molecule has 2 aliphatic rings. The van der Waals surface area contributed by atoms with Crippen LogP contribution in [0.15, 0.2) is 60.0 Å². The van der Waals surface area contributed by atoms with Crippen LogP contribution in [0.25, 0.3) is 11.4 Å². The third-order valence-electron chi connectivity index (χ3n) is 6.81. The van der Waals surface area contributed by atoms with Crippen LogP contribution >= 0.6 is 11.8 Å². The summed E-state index contributed by atoms with van der Waals surface area (Å²) in [5, 5.41) is 9.70. The highest BCUT2D eigenvalue weighted by molar-refractivity contribution is 7.99. The summed E-state index contributed by atoms with van der Waals surface area (Å²) in [7, 11) is 0. The molecule has 0 radical (unpaired) electrons. The fourth-order valence-corrected chi connectivity index (χ4v) is 5.90. The molecule has 1 amide bonds. The Morgan fingerprint density at radius 1 is 0.969 bits per heavy atom. The van der Waals surface area contributed by atoms with E-state index >= 15 is 0 Å².